The van der Waals surface area contributed by atoms with Crippen molar-refractivity contribution in [2.24, 2.45) is 0 Å². The number of nitrogens with one attached hydrogen (secondary N) is 1. The number of carbonyl (C=O) groups excluding carboxylic acids is 2. The van der Waals surface area contributed by atoms with Crippen molar-refractivity contribution in [1.82, 2.24) is 4.31 Å². The Hall–Kier alpha value is -2.54. The van der Waals surface area contributed by atoms with Gasteiger partial charge in [0.15, 0.2) is 6.61 Å². The van der Waals surface area contributed by atoms with Crippen LogP contribution in [0.25, 0.3) is 0 Å². The van der Waals surface area contributed by atoms with Gasteiger partial charge in [-0.3, -0.25) is 14.9 Å². The first-order valence-electron chi connectivity index (χ1n) is 8.68. The summed E-state index contributed by atoms with van der Waals surface area (Å²) in [5, 5.41) is 14.6. The predicted molar refractivity (Wildman–Crippen MR) is 109 cm³/mol. The molecular weight excluding hydrogens is 458 g/mol. The molecule has 1 aliphatic heterocycles. The van der Waals surface area contributed by atoms with Crippen molar-refractivity contribution < 1.29 is 27.7 Å². The number of ether oxygens (including phenoxy) is 1. The lowest BCUT2D eigenvalue weighted by Crippen LogP contribution is -2.29. The highest BCUT2D eigenvalue weighted by molar-refractivity contribution is 7.89. The van der Waals surface area contributed by atoms with Crippen LogP contribution in [0.3, 0.4) is 0 Å². The van der Waals surface area contributed by atoms with E-state index < -0.39 is 33.4 Å². The van der Waals surface area contributed by atoms with Gasteiger partial charge in [-0.25, -0.2) is 13.2 Å². The van der Waals surface area contributed by atoms with Crippen LogP contribution in [0.1, 0.15) is 22.5 Å². The van der Waals surface area contributed by atoms with Crippen molar-refractivity contribution in [3.8, 4) is 0 Å². The first-order chi connectivity index (χ1) is 14.2. The van der Waals surface area contributed by atoms with Gasteiger partial charge in [0.1, 0.15) is 14.8 Å². The van der Waals surface area contributed by atoms with Crippen LogP contribution >= 0.6 is 22.9 Å². The number of halogens is 1. The number of sulfonamides is 1. The largest absolute Gasteiger partial charge is 0.451 e. The molecule has 160 valence electrons. The van der Waals surface area contributed by atoms with E-state index in [9.17, 15) is 28.1 Å². The monoisotopic (exact) mass is 473 g/mol. The van der Waals surface area contributed by atoms with Crippen LogP contribution in [0.4, 0.5) is 11.4 Å². The van der Waals surface area contributed by atoms with Gasteiger partial charge >= 0.3 is 5.97 Å². The maximum absolute atomic E-state index is 12.7. The lowest BCUT2D eigenvalue weighted by atomic mass is 10.3. The van der Waals surface area contributed by atoms with E-state index in [0.29, 0.717) is 13.1 Å². The van der Waals surface area contributed by atoms with Crippen molar-refractivity contribution in [3.63, 3.8) is 0 Å². The molecule has 0 unspecified atom stereocenters. The molecule has 1 aromatic carbocycles. The van der Waals surface area contributed by atoms with Crippen molar-refractivity contribution in [2.45, 2.75) is 17.7 Å². The smallest absolute Gasteiger partial charge is 0.350 e. The van der Waals surface area contributed by atoms with Crippen molar-refractivity contribution in [1.29, 1.82) is 0 Å². The molecule has 0 spiro atoms. The van der Waals surface area contributed by atoms with E-state index in [2.05, 4.69) is 5.32 Å². The second-order valence-electron chi connectivity index (χ2n) is 6.27. The molecule has 30 heavy (non-hydrogen) atoms. The Labute approximate surface area is 180 Å². The standard InChI is InChI=1S/C17H16ClN3O7S2/c18-12-4-3-11(9-13(12)21(24)25)19-15(22)10-28-17(23)16-14(5-8-29-16)30(26,27)20-6-1-2-7-20/h3-5,8-9H,1-2,6-7,10H2,(H,19,22). The number of benzene rings is 1. The van der Waals surface area contributed by atoms with Gasteiger partial charge in [-0.2, -0.15) is 4.31 Å². The molecule has 1 aromatic heterocycles. The molecule has 13 heteroatoms. The highest BCUT2D eigenvalue weighted by Crippen LogP contribution is 2.29. The summed E-state index contributed by atoms with van der Waals surface area (Å²) in [4.78, 5) is 34.3. The van der Waals surface area contributed by atoms with Gasteiger partial charge in [0.05, 0.1) is 4.92 Å². The molecule has 2 heterocycles. The summed E-state index contributed by atoms with van der Waals surface area (Å²) >= 11 is 6.62. The third-order valence-corrected chi connectivity index (χ3v) is 7.54. The fraction of sp³-hybridized carbons (Fsp3) is 0.294. The molecule has 1 aliphatic rings. The average molecular weight is 474 g/mol. The summed E-state index contributed by atoms with van der Waals surface area (Å²) in [6.45, 7) is 0.0843. The quantitative estimate of drug-likeness (QED) is 0.371. The molecule has 0 aliphatic carbocycles. The van der Waals surface area contributed by atoms with Crippen LogP contribution in [0.5, 0.6) is 0 Å². The highest BCUT2D eigenvalue weighted by atomic mass is 35.5. The number of nitro groups is 1. The van der Waals surface area contributed by atoms with Gasteiger partial charge in [-0.05, 0) is 36.4 Å². The van der Waals surface area contributed by atoms with Gasteiger partial charge in [0, 0.05) is 24.8 Å². The van der Waals surface area contributed by atoms with Gasteiger partial charge in [-0.1, -0.05) is 11.6 Å². The van der Waals surface area contributed by atoms with Crippen LogP contribution < -0.4 is 5.32 Å². The Bertz CT molecular complexity index is 1090. The summed E-state index contributed by atoms with van der Waals surface area (Å²) in [5.74, 6) is -1.69. The van der Waals surface area contributed by atoms with Crippen molar-refractivity contribution in [2.75, 3.05) is 25.0 Å². The number of hydrogen-bond donors (Lipinski definition) is 1. The number of thiophene rings is 1. The third kappa shape index (κ3) is 4.78. The summed E-state index contributed by atoms with van der Waals surface area (Å²) < 4.78 is 31.6. The number of nitrogens with zero attached hydrogens (tertiary/aromatic N) is 2. The average Bonchev–Trinajstić information content (AvgIpc) is 3.39. The fourth-order valence-electron chi connectivity index (χ4n) is 2.84. The molecule has 0 atom stereocenters. The predicted octanol–water partition coefficient (Wildman–Crippen LogP) is 2.89. The molecule has 10 nitrogen and oxygen atoms in total. The third-order valence-electron chi connectivity index (χ3n) is 4.26. The minimum atomic E-state index is -3.81. The van der Waals surface area contributed by atoms with Crippen LogP contribution in [-0.4, -0.2) is 49.2 Å². The number of nitro benzene ring substituents is 1. The number of anilines is 1. The lowest BCUT2D eigenvalue weighted by Gasteiger charge is -2.15. The van der Waals surface area contributed by atoms with Gasteiger partial charge in [0.25, 0.3) is 11.6 Å². The van der Waals surface area contributed by atoms with Crippen LogP contribution in [0.2, 0.25) is 5.02 Å². The summed E-state index contributed by atoms with van der Waals surface area (Å²) in [7, 11) is -3.81. The fourth-order valence-corrected chi connectivity index (χ4v) is 5.83. The van der Waals surface area contributed by atoms with Crippen LogP contribution in [-0.2, 0) is 19.6 Å². The van der Waals surface area contributed by atoms with Crippen LogP contribution in [0.15, 0.2) is 34.5 Å². The first kappa shape index (κ1) is 22.2. The molecule has 1 N–H and O–H groups in total. The normalized spacial score (nSPS) is 14.4. The number of rotatable bonds is 7. The Morgan fingerprint density at radius 3 is 2.63 bits per heavy atom. The first-order valence-corrected chi connectivity index (χ1v) is 11.4. The number of amides is 1. The molecule has 1 fully saturated rings. The van der Waals surface area contributed by atoms with Gasteiger partial charge in [-0.15, -0.1) is 11.3 Å². The van der Waals surface area contributed by atoms with E-state index in [4.69, 9.17) is 16.3 Å². The Morgan fingerprint density at radius 2 is 1.97 bits per heavy atom. The van der Waals surface area contributed by atoms with Gasteiger partial charge < -0.3 is 10.1 Å². The SMILES string of the molecule is O=C(COC(=O)c1sccc1S(=O)(=O)N1CCCC1)Nc1ccc(Cl)c([N+](=O)[O-])c1. The lowest BCUT2D eigenvalue weighted by molar-refractivity contribution is -0.384. The maximum Gasteiger partial charge on any atom is 0.350 e. The summed E-state index contributed by atoms with van der Waals surface area (Å²) in [6.07, 6.45) is 1.51. The summed E-state index contributed by atoms with van der Waals surface area (Å²) in [6, 6.07) is 5.02. The van der Waals surface area contributed by atoms with Crippen molar-refractivity contribution in [3.05, 3.63) is 49.7 Å². The van der Waals surface area contributed by atoms with E-state index in [1.165, 1.54) is 27.9 Å². The minimum Gasteiger partial charge on any atom is -0.451 e. The van der Waals surface area contributed by atoms with E-state index in [1.54, 1.807) is 0 Å². The van der Waals surface area contributed by atoms with Crippen LogP contribution in [0, 0.1) is 10.1 Å². The molecule has 0 saturated carbocycles. The minimum absolute atomic E-state index is 0.0890. The van der Waals surface area contributed by atoms with E-state index in [0.717, 1.165) is 30.2 Å². The second kappa shape index (κ2) is 9.08. The Kier molecular flexibility index (Phi) is 6.71. The Morgan fingerprint density at radius 1 is 1.27 bits per heavy atom. The van der Waals surface area contributed by atoms with E-state index in [1.807, 2.05) is 0 Å². The zero-order chi connectivity index (χ0) is 21.9. The molecule has 3 rings (SSSR count). The highest BCUT2D eigenvalue weighted by Gasteiger charge is 2.32. The molecule has 0 radical (unpaired) electrons. The van der Waals surface area contributed by atoms with E-state index >= 15 is 0 Å². The number of hydrogen-bond acceptors (Lipinski definition) is 8. The molecular formula is C17H16ClN3O7S2. The molecule has 0 bridgehead atoms. The van der Waals surface area contributed by atoms with Gasteiger partial charge in [0.2, 0.25) is 10.0 Å². The Balaban J connectivity index is 1.64. The number of esters is 1. The zero-order valence-electron chi connectivity index (χ0n) is 15.4. The maximum atomic E-state index is 12.7. The second-order valence-corrected chi connectivity index (χ2v) is 9.50. The molecule has 1 saturated heterocycles. The van der Waals surface area contributed by atoms with Crippen molar-refractivity contribution >= 4 is 56.2 Å². The van der Waals surface area contributed by atoms with E-state index in [-0.39, 0.29) is 26.2 Å². The number of carbonyl (C=O) groups is 2. The zero-order valence-corrected chi connectivity index (χ0v) is 17.8. The molecule has 1 amide bonds. The summed E-state index contributed by atoms with van der Waals surface area (Å²) in [5.41, 5.74) is -0.289. The topological polar surface area (TPSA) is 136 Å². The molecule has 2 aromatic rings.